The highest BCUT2D eigenvalue weighted by Crippen LogP contribution is 2.45. The van der Waals surface area contributed by atoms with E-state index in [9.17, 15) is 20.0 Å². The predicted octanol–water partition coefficient (Wildman–Crippen LogP) is 4.96. The fraction of sp³-hybridized carbons (Fsp3) is 0.240. The zero-order chi connectivity index (χ0) is 24.2. The van der Waals surface area contributed by atoms with E-state index in [1.54, 1.807) is 24.3 Å². The molecule has 0 radical (unpaired) electrons. The monoisotopic (exact) mass is 539 g/mol. The maximum atomic E-state index is 12.9. The molecule has 9 heteroatoms. The van der Waals surface area contributed by atoms with Crippen LogP contribution in [0.2, 0.25) is 0 Å². The number of nitrogens with zero attached hydrogens (tertiary/aromatic N) is 1. The summed E-state index contributed by atoms with van der Waals surface area (Å²) in [7, 11) is 1.45. The van der Waals surface area contributed by atoms with Crippen LogP contribution in [0.4, 0.5) is 5.69 Å². The second-order valence-electron chi connectivity index (χ2n) is 7.86. The summed E-state index contributed by atoms with van der Waals surface area (Å²) in [4.78, 5) is 25.5. The summed E-state index contributed by atoms with van der Waals surface area (Å²) in [6.07, 6.45) is 1.82. The number of benzene rings is 2. The molecule has 2 aromatic carbocycles. The molecule has 0 saturated heterocycles. The van der Waals surface area contributed by atoms with E-state index in [2.05, 4.69) is 32.6 Å². The van der Waals surface area contributed by atoms with Gasteiger partial charge in [0.15, 0.2) is 17.3 Å². The number of ketones is 1. The van der Waals surface area contributed by atoms with E-state index in [0.717, 1.165) is 16.6 Å². The van der Waals surface area contributed by atoms with Crippen LogP contribution in [0.3, 0.4) is 0 Å². The van der Waals surface area contributed by atoms with Crippen LogP contribution < -0.4 is 15.4 Å². The Morgan fingerprint density at radius 1 is 1.29 bits per heavy atom. The van der Waals surface area contributed by atoms with Gasteiger partial charge >= 0.3 is 0 Å². The Morgan fingerprint density at radius 3 is 2.76 bits per heavy atom. The van der Waals surface area contributed by atoms with Gasteiger partial charge in [0.25, 0.3) is 0 Å². The molecule has 4 rings (SSSR count). The zero-order valence-corrected chi connectivity index (χ0v) is 20.8. The van der Waals surface area contributed by atoms with E-state index in [4.69, 9.17) is 4.74 Å². The van der Waals surface area contributed by atoms with Crippen LogP contribution >= 0.6 is 27.7 Å². The van der Waals surface area contributed by atoms with Gasteiger partial charge in [-0.25, -0.2) is 0 Å². The van der Waals surface area contributed by atoms with Crippen molar-refractivity contribution < 1.29 is 19.4 Å². The minimum Gasteiger partial charge on any atom is -0.504 e. The molecule has 0 bridgehead atoms. The minimum atomic E-state index is -0.597. The first-order valence-corrected chi connectivity index (χ1v) is 12.4. The first-order chi connectivity index (χ1) is 16.4. The number of carbonyl (C=O) groups excluding carboxylic acids is 2. The van der Waals surface area contributed by atoms with E-state index < -0.39 is 5.92 Å². The van der Waals surface area contributed by atoms with Crippen molar-refractivity contribution >= 4 is 45.1 Å². The minimum absolute atomic E-state index is 0.00410. The Morgan fingerprint density at radius 2 is 2.06 bits per heavy atom. The zero-order valence-electron chi connectivity index (χ0n) is 18.4. The van der Waals surface area contributed by atoms with Crippen molar-refractivity contribution in [1.82, 2.24) is 5.32 Å². The van der Waals surface area contributed by atoms with Gasteiger partial charge in [-0.2, -0.15) is 5.26 Å². The molecule has 0 aromatic heterocycles. The molecule has 1 heterocycles. The SMILES string of the molecule is COc1cc([C@@H]2C(C#N)=C(SCC(=O)Nc3ccc(Br)cc3)NC3=C2C(=O)CCC3)ccc1O. The quantitative estimate of drug-likeness (QED) is 0.475. The predicted molar refractivity (Wildman–Crippen MR) is 134 cm³/mol. The van der Waals surface area contributed by atoms with Crippen molar-refractivity contribution in [3.8, 4) is 17.6 Å². The van der Waals surface area contributed by atoms with Crippen LogP contribution in [0, 0.1) is 11.3 Å². The molecule has 174 valence electrons. The van der Waals surface area contributed by atoms with Gasteiger partial charge in [-0.15, -0.1) is 0 Å². The molecule has 7 nitrogen and oxygen atoms in total. The molecule has 2 aromatic rings. The summed E-state index contributed by atoms with van der Waals surface area (Å²) < 4.78 is 6.17. The van der Waals surface area contributed by atoms with E-state index in [0.29, 0.717) is 40.3 Å². The second-order valence-corrected chi connectivity index (χ2v) is 9.76. The third-order valence-electron chi connectivity index (χ3n) is 5.68. The average Bonchev–Trinajstić information content (AvgIpc) is 2.84. The Labute approximate surface area is 210 Å². The number of Topliss-reactive ketones (excluding diaryl/α,β-unsaturated/α-hetero) is 1. The Bertz CT molecular complexity index is 1250. The lowest BCUT2D eigenvalue weighted by atomic mass is 9.77. The first kappa shape index (κ1) is 23.9. The van der Waals surface area contributed by atoms with Gasteiger partial charge in [-0.05, 0) is 54.8 Å². The summed E-state index contributed by atoms with van der Waals surface area (Å²) in [6.45, 7) is 0. The fourth-order valence-corrected chi connectivity index (χ4v) is 5.24. The molecule has 3 N–H and O–H groups in total. The molecule has 2 aliphatic rings. The number of phenolic OH excluding ortho intramolecular Hbond substituents is 1. The van der Waals surface area contributed by atoms with Crippen molar-refractivity contribution in [1.29, 1.82) is 5.26 Å². The summed E-state index contributed by atoms with van der Waals surface area (Å²) in [6, 6.07) is 14.4. The van der Waals surface area contributed by atoms with Crippen LogP contribution in [0.5, 0.6) is 11.5 Å². The molecule has 1 aliphatic heterocycles. The van der Waals surface area contributed by atoms with Gasteiger partial charge in [0.05, 0.1) is 35.5 Å². The standard InChI is InChI=1S/C25H22BrN3O4S/c1-33-21-11-14(5-10-19(21)30)23-17(12-27)25(29-18-3-2-4-20(31)24(18)23)34-13-22(32)28-16-8-6-15(26)7-9-16/h5-11,23,29-30H,2-4,13H2,1H3,(H,28,32)/t23-/m1/s1. The molecule has 0 saturated carbocycles. The second kappa shape index (κ2) is 10.4. The topological polar surface area (TPSA) is 111 Å². The van der Waals surface area contributed by atoms with Crippen LogP contribution in [-0.2, 0) is 9.59 Å². The number of phenols is 1. The van der Waals surface area contributed by atoms with Gasteiger partial charge in [-0.1, -0.05) is 33.8 Å². The largest absolute Gasteiger partial charge is 0.504 e. The lowest BCUT2D eigenvalue weighted by Crippen LogP contribution is -2.31. The molecule has 1 atom stereocenters. The summed E-state index contributed by atoms with van der Waals surface area (Å²) in [5, 5.41) is 26.8. The van der Waals surface area contributed by atoms with E-state index in [1.807, 2.05) is 12.1 Å². The number of anilines is 1. The van der Waals surface area contributed by atoms with E-state index in [1.165, 1.54) is 24.9 Å². The number of hydrogen-bond donors (Lipinski definition) is 3. The van der Waals surface area contributed by atoms with Gasteiger partial charge in [0, 0.05) is 27.9 Å². The molecule has 34 heavy (non-hydrogen) atoms. The van der Waals surface area contributed by atoms with E-state index in [-0.39, 0.29) is 28.9 Å². The van der Waals surface area contributed by atoms with Crippen molar-refractivity contribution in [2.24, 2.45) is 0 Å². The third-order valence-corrected chi connectivity index (χ3v) is 7.22. The van der Waals surface area contributed by atoms with Crippen LogP contribution in [0.1, 0.15) is 30.7 Å². The molecular weight excluding hydrogens is 518 g/mol. The molecule has 0 unspecified atom stereocenters. The highest BCUT2D eigenvalue weighted by molar-refractivity contribution is 9.10. The lowest BCUT2D eigenvalue weighted by molar-refractivity contribution is -0.116. The number of ether oxygens (including phenoxy) is 1. The number of halogens is 1. The number of methoxy groups -OCH3 is 1. The van der Waals surface area contributed by atoms with Crippen molar-refractivity contribution in [3.63, 3.8) is 0 Å². The highest BCUT2D eigenvalue weighted by Gasteiger charge is 2.37. The molecule has 1 amide bonds. The van der Waals surface area contributed by atoms with Crippen molar-refractivity contribution in [2.45, 2.75) is 25.2 Å². The Hall–Kier alpha value is -3.22. The number of allylic oxidation sites excluding steroid dienone is 3. The number of carbonyl (C=O) groups is 2. The number of rotatable bonds is 6. The summed E-state index contributed by atoms with van der Waals surface area (Å²) in [5.74, 6) is -0.476. The third kappa shape index (κ3) is 4.98. The number of hydrogen-bond acceptors (Lipinski definition) is 7. The van der Waals surface area contributed by atoms with Crippen molar-refractivity contribution in [2.75, 3.05) is 18.2 Å². The Balaban J connectivity index is 1.64. The smallest absolute Gasteiger partial charge is 0.234 e. The first-order valence-electron chi connectivity index (χ1n) is 10.6. The maximum Gasteiger partial charge on any atom is 0.234 e. The molecule has 1 aliphatic carbocycles. The molecular formula is C25H22BrN3O4S. The van der Waals surface area contributed by atoms with Crippen LogP contribution in [-0.4, -0.2) is 29.7 Å². The van der Waals surface area contributed by atoms with Crippen molar-refractivity contribution in [3.05, 3.63) is 74.4 Å². The van der Waals surface area contributed by atoms with E-state index >= 15 is 0 Å². The highest BCUT2D eigenvalue weighted by atomic mass is 79.9. The summed E-state index contributed by atoms with van der Waals surface area (Å²) >= 11 is 4.59. The number of amides is 1. The lowest BCUT2D eigenvalue weighted by Gasteiger charge is -2.33. The maximum absolute atomic E-state index is 12.9. The summed E-state index contributed by atoms with van der Waals surface area (Å²) in [5.41, 5.74) is 3.06. The number of aromatic hydroxyl groups is 1. The van der Waals surface area contributed by atoms with Crippen LogP contribution in [0.15, 0.2) is 68.8 Å². The van der Waals surface area contributed by atoms with Gasteiger partial charge in [0.2, 0.25) is 5.91 Å². The fourth-order valence-electron chi connectivity index (χ4n) is 4.11. The van der Waals surface area contributed by atoms with Gasteiger partial charge < -0.3 is 20.5 Å². The normalized spacial score (nSPS) is 17.6. The number of nitrogens with one attached hydrogen (secondary N) is 2. The number of dihydropyridines is 1. The number of nitriles is 1. The number of thioether (sulfide) groups is 1. The Kier molecular flexibility index (Phi) is 7.29. The average molecular weight is 540 g/mol. The molecule has 0 spiro atoms. The van der Waals surface area contributed by atoms with Crippen LogP contribution in [0.25, 0.3) is 0 Å². The van der Waals surface area contributed by atoms with Gasteiger partial charge in [0.1, 0.15) is 0 Å². The van der Waals surface area contributed by atoms with Gasteiger partial charge in [-0.3, -0.25) is 9.59 Å². The molecule has 0 fully saturated rings.